The molecule has 16 heavy (non-hydrogen) atoms. The molecule has 84 valence electrons. The van der Waals surface area contributed by atoms with Crippen LogP contribution in [0.15, 0.2) is 29.8 Å². The zero-order valence-corrected chi connectivity index (χ0v) is 9.32. The van der Waals surface area contributed by atoms with Gasteiger partial charge in [-0.15, -0.1) is 0 Å². The van der Waals surface area contributed by atoms with Crippen LogP contribution >= 0.6 is 0 Å². The Morgan fingerprint density at radius 2 is 2.06 bits per heavy atom. The van der Waals surface area contributed by atoms with E-state index in [-0.39, 0.29) is 5.82 Å². The lowest BCUT2D eigenvalue weighted by molar-refractivity contribution is 0.163. The summed E-state index contributed by atoms with van der Waals surface area (Å²) in [6, 6.07) is 6.87. The molecular formula is C14H16FN. The number of piperidine rings is 3. The Labute approximate surface area is 95.6 Å². The molecule has 0 spiro atoms. The first-order valence-corrected chi connectivity index (χ1v) is 6.00. The van der Waals surface area contributed by atoms with Gasteiger partial charge in [0.2, 0.25) is 0 Å². The van der Waals surface area contributed by atoms with Gasteiger partial charge in [0.25, 0.3) is 0 Å². The van der Waals surface area contributed by atoms with Gasteiger partial charge in [-0.1, -0.05) is 23.8 Å². The van der Waals surface area contributed by atoms with Crippen LogP contribution in [0.1, 0.15) is 18.4 Å². The average molecular weight is 217 g/mol. The maximum absolute atomic E-state index is 13.1. The summed E-state index contributed by atoms with van der Waals surface area (Å²) in [4.78, 5) is 2.49. The van der Waals surface area contributed by atoms with Crippen molar-refractivity contribution in [2.45, 2.75) is 12.8 Å². The van der Waals surface area contributed by atoms with Crippen molar-refractivity contribution >= 4 is 6.08 Å². The van der Waals surface area contributed by atoms with E-state index in [1.807, 2.05) is 6.07 Å². The third-order valence-electron chi connectivity index (χ3n) is 3.72. The lowest BCUT2D eigenvalue weighted by Gasteiger charge is -2.41. The zero-order valence-electron chi connectivity index (χ0n) is 9.32. The third kappa shape index (κ3) is 1.90. The van der Waals surface area contributed by atoms with Crippen LogP contribution in [-0.4, -0.2) is 24.5 Å². The van der Waals surface area contributed by atoms with Crippen molar-refractivity contribution in [2.24, 2.45) is 5.92 Å². The molecule has 0 N–H and O–H groups in total. The van der Waals surface area contributed by atoms with Crippen molar-refractivity contribution < 1.29 is 4.39 Å². The van der Waals surface area contributed by atoms with Gasteiger partial charge in [-0.05, 0) is 49.5 Å². The molecule has 0 atom stereocenters. The monoisotopic (exact) mass is 217 g/mol. The summed E-state index contributed by atoms with van der Waals surface area (Å²) in [6.45, 7) is 3.57. The summed E-state index contributed by atoms with van der Waals surface area (Å²) >= 11 is 0. The van der Waals surface area contributed by atoms with Gasteiger partial charge in [0, 0.05) is 6.54 Å². The van der Waals surface area contributed by atoms with Crippen LogP contribution in [0.2, 0.25) is 0 Å². The molecule has 1 aromatic carbocycles. The van der Waals surface area contributed by atoms with Crippen LogP contribution in [0.4, 0.5) is 4.39 Å². The van der Waals surface area contributed by atoms with Crippen molar-refractivity contribution in [1.82, 2.24) is 4.90 Å². The number of halogens is 1. The highest BCUT2D eigenvalue weighted by atomic mass is 19.1. The van der Waals surface area contributed by atoms with Crippen LogP contribution in [-0.2, 0) is 0 Å². The Bertz CT molecular complexity index is 416. The molecule has 0 aliphatic carbocycles. The molecule has 0 aromatic heterocycles. The van der Waals surface area contributed by atoms with Gasteiger partial charge >= 0.3 is 0 Å². The van der Waals surface area contributed by atoms with Gasteiger partial charge in [-0.3, -0.25) is 4.90 Å². The normalized spacial score (nSPS) is 30.9. The van der Waals surface area contributed by atoms with Crippen LogP contribution in [0.25, 0.3) is 6.08 Å². The molecule has 0 saturated carbocycles. The molecule has 0 radical (unpaired) electrons. The van der Waals surface area contributed by atoms with E-state index < -0.39 is 0 Å². The Morgan fingerprint density at radius 3 is 2.69 bits per heavy atom. The summed E-state index contributed by atoms with van der Waals surface area (Å²) in [6.07, 6.45) is 4.74. The van der Waals surface area contributed by atoms with Crippen molar-refractivity contribution in [1.29, 1.82) is 0 Å². The summed E-state index contributed by atoms with van der Waals surface area (Å²) in [5, 5.41) is 0. The molecule has 3 saturated heterocycles. The smallest absolute Gasteiger partial charge is 0.123 e. The highest BCUT2D eigenvalue weighted by Gasteiger charge is 2.29. The molecule has 3 aliphatic rings. The SMILES string of the molecule is Fc1cccc(/C=C2/CN3CCC2CC3)c1. The first-order chi connectivity index (χ1) is 7.81. The molecule has 0 unspecified atom stereocenters. The number of nitrogens with zero attached hydrogens (tertiary/aromatic N) is 1. The van der Waals surface area contributed by atoms with Gasteiger partial charge in [0.15, 0.2) is 0 Å². The van der Waals surface area contributed by atoms with E-state index in [2.05, 4.69) is 11.0 Å². The number of hydrogen-bond donors (Lipinski definition) is 0. The largest absolute Gasteiger partial charge is 0.299 e. The van der Waals surface area contributed by atoms with Crippen molar-refractivity contribution in [2.75, 3.05) is 19.6 Å². The van der Waals surface area contributed by atoms with Crippen molar-refractivity contribution in [3.05, 3.63) is 41.2 Å². The number of benzene rings is 1. The first kappa shape index (κ1) is 10.0. The molecule has 3 fully saturated rings. The highest BCUT2D eigenvalue weighted by molar-refractivity contribution is 5.54. The molecule has 3 aliphatic heterocycles. The van der Waals surface area contributed by atoms with Gasteiger partial charge in [0.1, 0.15) is 5.82 Å². The second-order valence-electron chi connectivity index (χ2n) is 4.82. The molecule has 2 bridgehead atoms. The fourth-order valence-corrected chi connectivity index (χ4v) is 2.82. The van der Waals surface area contributed by atoms with Crippen LogP contribution in [0.3, 0.4) is 0 Å². The fourth-order valence-electron chi connectivity index (χ4n) is 2.82. The van der Waals surface area contributed by atoms with Crippen LogP contribution in [0.5, 0.6) is 0 Å². The summed E-state index contributed by atoms with van der Waals surface area (Å²) in [5.74, 6) is 0.601. The molecule has 3 heterocycles. The minimum absolute atomic E-state index is 0.143. The zero-order chi connectivity index (χ0) is 11.0. The first-order valence-electron chi connectivity index (χ1n) is 6.00. The van der Waals surface area contributed by atoms with Crippen LogP contribution < -0.4 is 0 Å². The lowest BCUT2D eigenvalue weighted by atomic mass is 9.83. The maximum atomic E-state index is 13.1. The summed E-state index contributed by atoms with van der Waals surface area (Å²) < 4.78 is 13.1. The Morgan fingerprint density at radius 1 is 1.25 bits per heavy atom. The van der Waals surface area contributed by atoms with E-state index in [1.165, 1.54) is 37.6 Å². The predicted molar refractivity (Wildman–Crippen MR) is 63.5 cm³/mol. The molecule has 1 nitrogen and oxygen atoms in total. The lowest BCUT2D eigenvalue weighted by Crippen LogP contribution is -2.42. The molecular weight excluding hydrogens is 201 g/mol. The molecule has 4 rings (SSSR count). The average Bonchev–Trinajstić information content (AvgIpc) is 2.30. The van der Waals surface area contributed by atoms with Crippen molar-refractivity contribution in [3.63, 3.8) is 0 Å². The van der Waals surface area contributed by atoms with Crippen molar-refractivity contribution in [3.8, 4) is 0 Å². The van der Waals surface area contributed by atoms with E-state index in [0.29, 0.717) is 0 Å². The fraction of sp³-hybridized carbons (Fsp3) is 0.429. The minimum Gasteiger partial charge on any atom is -0.299 e. The van der Waals surface area contributed by atoms with E-state index in [9.17, 15) is 4.39 Å². The van der Waals surface area contributed by atoms with E-state index >= 15 is 0 Å². The maximum Gasteiger partial charge on any atom is 0.123 e. The second-order valence-corrected chi connectivity index (χ2v) is 4.82. The Hall–Kier alpha value is -1.15. The summed E-state index contributed by atoms with van der Waals surface area (Å²) in [7, 11) is 0. The van der Waals surface area contributed by atoms with Gasteiger partial charge in [-0.2, -0.15) is 0 Å². The van der Waals surface area contributed by atoms with Gasteiger partial charge < -0.3 is 0 Å². The van der Waals surface area contributed by atoms with Crippen LogP contribution in [0, 0.1) is 11.7 Å². The summed E-state index contributed by atoms with van der Waals surface area (Å²) in [5.41, 5.74) is 2.49. The van der Waals surface area contributed by atoms with E-state index in [1.54, 1.807) is 12.1 Å². The van der Waals surface area contributed by atoms with E-state index in [0.717, 1.165) is 18.0 Å². The quantitative estimate of drug-likeness (QED) is 0.699. The standard InChI is InChI=1S/C14H16FN/c15-14-3-1-2-11(9-14)8-13-10-16-6-4-12(13)5-7-16/h1-3,8-9,12H,4-7,10H2/b13-8-. The third-order valence-corrected chi connectivity index (χ3v) is 3.72. The van der Waals surface area contributed by atoms with E-state index in [4.69, 9.17) is 0 Å². The minimum atomic E-state index is -0.143. The topological polar surface area (TPSA) is 3.24 Å². The number of fused-ring (bicyclic) bond motifs is 3. The molecule has 0 amide bonds. The number of hydrogen-bond acceptors (Lipinski definition) is 1. The predicted octanol–water partition coefficient (Wildman–Crippen LogP) is 2.93. The van der Waals surface area contributed by atoms with Gasteiger partial charge in [0.05, 0.1) is 0 Å². The molecule has 1 aromatic rings. The molecule has 2 heteroatoms. The highest BCUT2D eigenvalue weighted by Crippen LogP contribution is 2.32. The second kappa shape index (κ2) is 4.02. The Balaban J connectivity index is 1.87. The Kier molecular flexibility index (Phi) is 2.52. The number of rotatable bonds is 1. The van der Waals surface area contributed by atoms with Gasteiger partial charge in [-0.25, -0.2) is 4.39 Å².